The van der Waals surface area contributed by atoms with Crippen molar-refractivity contribution in [3.8, 4) is 10.6 Å². The van der Waals surface area contributed by atoms with Crippen LogP contribution >= 0.6 is 11.3 Å². The fourth-order valence-electron chi connectivity index (χ4n) is 1.25. The molecule has 1 aromatic carbocycles. The summed E-state index contributed by atoms with van der Waals surface area (Å²) in [6.07, 6.45) is -0.122. The predicted molar refractivity (Wildman–Crippen MR) is 62.0 cm³/mol. The zero-order chi connectivity index (χ0) is 10.7. The van der Waals surface area contributed by atoms with Gasteiger partial charge in [0.2, 0.25) is 0 Å². The van der Waals surface area contributed by atoms with E-state index in [2.05, 4.69) is 4.98 Å². The van der Waals surface area contributed by atoms with Crippen molar-refractivity contribution in [2.75, 3.05) is 0 Å². The molecule has 0 fully saturated rings. The molecular weight excluding hydrogens is 233 g/mol. The number of carboxylic acids is 1. The second-order valence-electron chi connectivity index (χ2n) is 3.06. The topological polar surface area (TPSA) is 53.0 Å². The number of aliphatic carboxylic acids is 1. The second kappa shape index (κ2) is 6.15. The zero-order valence-electron chi connectivity index (χ0n) is 8.84. The first kappa shape index (κ1) is 13.4. The number of hydrogen-bond acceptors (Lipinski definition) is 4. The molecule has 0 N–H and O–H groups in total. The van der Waals surface area contributed by atoms with Crippen molar-refractivity contribution >= 4 is 46.9 Å². The first-order chi connectivity index (χ1) is 7.25. The third-order valence-corrected chi connectivity index (χ3v) is 2.84. The molecule has 0 amide bonds. The van der Waals surface area contributed by atoms with Crippen molar-refractivity contribution in [1.82, 2.24) is 4.98 Å². The Morgan fingerprint density at radius 1 is 1.31 bits per heavy atom. The summed E-state index contributed by atoms with van der Waals surface area (Å²) in [5.41, 5.74) is 1.56. The number of rotatable bonds is 3. The molecule has 0 spiro atoms. The van der Waals surface area contributed by atoms with Gasteiger partial charge in [-0.25, -0.2) is 4.98 Å². The van der Waals surface area contributed by atoms with Crippen LogP contribution in [0.2, 0.25) is 0 Å². The molecule has 0 saturated carbocycles. The van der Waals surface area contributed by atoms with Crippen molar-refractivity contribution in [2.45, 2.75) is 6.42 Å². The summed E-state index contributed by atoms with van der Waals surface area (Å²) in [5.74, 6) is -1.10. The molecule has 0 aliphatic carbocycles. The van der Waals surface area contributed by atoms with Gasteiger partial charge >= 0.3 is 0 Å². The Morgan fingerprint density at radius 3 is 2.62 bits per heavy atom. The molecule has 77 valence electrons. The molecule has 2 rings (SSSR count). The normalized spacial score (nSPS) is 9.50. The summed E-state index contributed by atoms with van der Waals surface area (Å²) < 4.78 is 0. The Morgan fingerprint density at radius 2 is 2.00 bits per heavy atom. The van der Waals surface area contributed by atoms with Crippen LogP contribution in [0.3, 0.4) is 0 Å². The van der Waals surface area contributed by atoms with Gasteiger partial charge in [0.05, 0.1) is 5.69 Å². The fourth-order valence-corrected chi connectivity index (χ4v) is 2.08. The molecule has 2 aromatic rings. The van der Waals surface area contributed by atoms with Crippen LogP contribution in [-0.2, 0) is 11.2 Å². The minimum absolute atomic E-state index is 0. The molecule has 1 heterocycles. The average Bonchev–Trinajstić information content (AvgIpc) is 2.67. The molecule has 0 atom stereocenters. The van der Waals surface area contributed by atoms with Crippen LogP contribution in [-0.4, -0.2) is 40.5 Å². The molecule has 0 saturated heterocycles. The third-order valence-electron chi connectivity index (χ3n) is 1.90. The number of carbonyl (C=O) groups is 1. The van der Waals surface area contributed by atoms with Gasteiger partial charge in [-0.15, -0.1) is 11.3 Å². The maximum Gasteiger partial charge on any atom is 0.123 e. The number of hydrogen-bond donors (Lipinski definition) is 0. The van der Waals surface area contributed by atoms with Gasteiger partial charge in [-0.2, -0.15) is 0 Å². The van der Waals surface area contributed by atoms with E-state index in [0.717, 1.165) is 10.6 Å². The molecule has 3 nitrogen and oxygen atoms in total. The van der Waals surface area contributed by atoms with E-state index in [1.54, 1.807) is 5.38 Å². The van der Waals surface area contributed by atoms with Crippen molar-refractivity contribution in [3.63, 3.8) is 0 Å². The van der Waals surface area contributed by atoms with E-state index < -0.39 is 5.97 Å². The first-order valence-electron chi connectivity index (χ1n) is 4.45. The molecular formula is C11H8NNaO2S-. The number of benzene rings is 1. The summed E-state index contributed by atoms with van der Waals surface area (Å²) >= 11 is 1.44. The Balaban J connectivity index is 0.00000128. The number of nitrogens with zero attached hydrogens (tertiary/aromatic N) is 1. The van der Waals surface area contributed by atoms with Crippen molar-refractivity contribution in [1.29, 1.82) is 0 Å². The third kappa shape index (κ3) is 3.42. The van der Waals surface area contributed by atoms with Crippen LogP contribution in [0.5, 0.6) is 0 Å². The largest absolute Gasteiger partial charge is 0.550 e. The van der Waals surface area contributed by atoms with Crippen LogP contribution in [0, 0.1) is 0 Å². The van der Waals surface area contributed by atoms with Gasteiger partial charge in [-0.05, 0) is 0 Å². The van der Waals surface area contributed by atoms with Gasteiger partial charge in [0.1, 0.15) is 5.01 Å². The van der Waals surface area contributed by atoms with Crippen molar-refractivity contribution < 1.29 is 9.90 Å². The van der Waals surface area contributed by atoms with E-state index in [4.69, 9.17) is 0 Å². The molecule has 1 aromatic heterocycles. The molecule has 0 aliphatic rings. The van der Waals surface area contributed by atoms with Gasteiger partial charge < -0.3 is 9.90 Å². The monoisotopic (exact) mass is 241 g/mol. The van der Waals surface area contributed by atoms with Crippen molar-refractivity contribution in [2.24, 2.45) is 0 Å². The minimum atomic E-state index is -1.10. The summed E-state index contributed by atoms with van der Waals surface area (Å²) in [6.45, 7) is 0. The molecule has 5 heteroatoms. The maximum absolute atomic E-state index is 10.4. The smallest absolute Gasteiger partial charge is 0.123 e. The van der Waals surface area contributed by atoms with E-state index in [-0.39, 0.29) is 36.0 Å². The van der Waals surface area contributed by atoms with Gasteiger partial charge in [-0.3, -0.25) is 0 Å². The Kier molecular flexibility index (Phi) is 5.15. The number of carbonyl (C=O) groups excluding carboxylic acids is 1. The standard InChI is InChI=1S/C11H9NO2S.Na/c13-10(14)6-9-7-15-11(12-9)8-4-2-1-3-5-8;/h1-5,7H,6H2,(H,13,14);/p-1. The Hall–Kier alpha value is -0.680. The number of aromatic nitrogens is 1. The minimum Gasteiger partial charge on any atom is -0.550 e. The van der Waals surface area contributed by atoms with Gasteiger partial charge in [0.15, 0.2) is 0 Å². The first-order valence-corrected chi connectivity index (χ1v) is 5.33. The molecule has 16 heavy (non-hydrogen) atoms. The van der Waals surface area contributed by atoms with Crippen LogP contribution < -0.4 is 5.11 Å². The molecule has 0 unspecified atom stereocenters. The Bertz CT molecular complexity index is 470. The van der Waals surface area contributed by atoms with Gasteiger partial charge in [0.25, 0.3) is 0 Å². The predicted octanol–water partition coefficient (Wildman–Crippen LogP) is 0.722. The van der Waals surface area contributed by atoms with E-state index in [1.807, 2.05) is 30.3 Å². The van der Waals surface area contributed by atoms with Gasteiger partial charge in [0, 0.05) is 52.9 Å². The summed E-state index contributed by atoms with van der Waals surface area (Å²) in [5, 5.41) is 13.0. The van der Waals surface area contributed by atoms with Crippen LogP contribution in [0.25, 0.3) is 10.6 Å². The van der Waals surface area contributed by atoms with Crippen LogP contribution in [0.15, 0.2) is 35.7 Å². The van der Waals surface area contributed by atoms with Gasteiger partial charge in [-0.1, -0.05) is 30.3 Å². The molecule has 1 radical (unpaired) electrons. The number of thiazole rings is 1. The zero-order valence-corrected chi connectivity index (χ0v) is 11.7. The number of carboxylic acid groups (broad SMARTS) is 1. The quantitative estimate of drug-likeness (QED) is 0.744. The van der Waals surface area contributed by atoms with E-state index in [9.17, 15) is 9.90 Å². The SMILES string of the molecule is O=C([O-])Cc1csc(-c2ccccc2)n1.[Na]. The summed E-state index contributed by atoms with van der Waals surface area (Å²) in [7, 11) is 0. The average molecular weight is 241 g/mol. The Labute approximate surface area is 119 Å². The van der Waals surface area contributed by atoms with Crippen molar-refractivity contribution in [3.05, 3.63) is 41.4 Å². The molecule has 0 aliphatic heterocycles. The summed E-state index contributed by atoms with van der Waals surface area (Å²) in [6, 6.07) is 9.67. The second-order valence-corrected chi connectivity index (χ2v) is 3.92. The maximum atomic E-state index is 10.4. The van der Waals surface area contributed by atoms with E-state index >= 15 is 0 Å². The van der Waals surface area contributed by atoms with E-state index in [1.165, 1.54) is 11.3 Å². The van der Waals surface area contributed by atoms with E-state index in [0.29, 0.717) is 5.69 Å². The fraction of sp³-hybridized carbons (Fsp3) is 0.0909. The van der Waals surface area contributed by atoms with Crippen LogP contribution in [0.1, 0.15) is 5.69 Å². The van der Waals surface area contributed by atoms with Crippen LogP contribution in [0.4, 0.5) is 0 Å². The summed E-state index contributed by atoms with van der Waals surface area (Å²) in [4.78, 5) is 14.6. The molecule has 0 bridgehead atoms.